The van der Waals surface area contributed by atoms with Crippen LogP contribution in [-0.4, -0.2) is 35.5 Å². The van der Waals surface area contributed by atoms with Crippen LogP contribution >= 0.6 is 0 Å². The maximum atomic E-state index is 10.4. The highest BCUT2D eigenvalue weighted by Crippen LogP contribution is 2.15. The summed E-state index contributed by atoms with van der Waals surface area (Å²) in [5, 5.41) is 0. The predicted molar refractivity (Wildman–Crippen MR) is 63.7 cm³/mol. The van der Waals surface area contributed by atoms with Crippen LogP contribution in [0.2, 0.25) is 0 Å². The molecule has 0 saturated heterocycles. The second-order valence-electron chi connectivity index (χ2n) is 3.06. The summed E-state index contributed by atoms with van der Waals surface area (Å²) in [4.78, 5) is 0. The summed E-state index contributed by atoms with van der Waals surface area (Å²) >= 11 is 0. The Balaban J connectivity index is 2.30. The van der Waals surface area contributed by atoms with Gasteiger partial charge in [-0.1, -0.05) is 0 Å². The third-order valence-corrected chi connectivity index (χ3v) is 2.26. The van der Waals surface area contributed by atoms with E-state index in [1.807, 2.05) is 0 Å². The van der Waals surface area contributed by atoms with E-state index in [0.717, 1.165) is 0 Å². The lowest BCUT2D eigenvalue weighted by Crippen LogP contribution is -2.07. The van der Waals surface area contributed by atoms with E-state index in [-0.39, 0.29) is 6.79 Å². The van der Waals surface area contributed by atoms with Gasteiger partial charge in [-0.2, -0.15) is 0 Å². The molecule has 1 aromatic rings. The third-order valence-electron chi connectivity index (χ3n) is 1.82. The minimum absolute atomic E-state index is 0.131. The second kappa shape index (κ2) is 7.88. The second-order valence-corrected chi connectivity index (χ2v) is 3.79. The zero-order valence-electron chi connectivity index (χ0n) is 9.42. The van der Waals surface area contributed by atoms with Crippen LogP contribution in [0.1, 0.15) is 0 Å². The predicted octanol–water partition coefficient (Wildman–Crippen LogP) is 0.624. The highest BCUT2D eigenvalue weighted by atomic mass is 32.2. The molecule has 0 heterocycles. The summed E-state index contributed by atoms with van der Waals surface area (Å²) in [6.07, 6.45) is 0. The maximum Gasteiger partial charge on any atom is 0.222 e. The first-order valence-corrected chi connectivity index (χ1v) is 6.10. The van der Waals surface area contributed by atoms with Crippen molar-refractivity contribution in [1.82, 2.24) is 0 Å². The number of rotatable bonds is 8. The molecule has 0 aliphatic carbocycles. The minimum atomic E-state index is -2.63. The van der Waals surface area contributed by atoms with Crippen LogP contribution in [0.25, 0.3) is 0 Å². The zero-order valence-corrected chi connectivity index (χ0v) is 10.3. The van der Waals surface area contributed by atoms with E-state index < -0.39 is 10.9 Å². The van der Waals surface area contributed by atoms with Gasteiger partial charge >= 0.3 is 0 Å². The van der Waals surface area contributed by atoms with Gasteiger partial charge in [0.05, 0.1) is 13.2 Å². The molecule has 96 valence electrons. The van der Waals surface area contributed by atoms with Crippen molar-refractivity contribution in [2.24, 2.45) is 0 Å². The van der Waals surface area contributed by atoms with Gasteiger partial charge in [-0.3, -0.25) is 4.72 Å². The molecule has 6 nitrogen and oxygen atoms in total. The molecule has 1 N–H and O–H groups in total. The average Bonchev–Trinajstić information content (AvgIpc) is 2.30. The SMILES string of the molecule is COCCOCOc1ccc(N[SH](=O)=O)cc1. The van der Waals surface area contributed by atoms with Gasteiger partial charge in [0, 0.05) is 12.8 Å². The van der Waals surface area contributed by atoms with Crippen molar-refractivity contribution in [2.75, 3.05) is 31.8 Å². The molecule has 0 unspecified atom stereocenters. The van der Waals surface area contributed by atoms with Gasteiger partial charge in [0.1, 0.15) is 5.75 Å². The van der Waals surface area contributed by atoms with Crippen molar-refractivity contribution in [1.29, 1.82) is 0 Å². The Morgan fingerprint density at radius 3 is 2.47 bits per heavy atom. The van der Waals surface area contributed by atoms with Gasteiger partial charge in [-0.05, 0) is 24.3 Å². The number of methoxy groups -OCH3 is 1. The summed E-state index contributed by atoms with van der Waals surface area (Å²) in [7, 11) is -1.04. The van der Waals surface area contributed by atoms with E-state index in [1.165, 1.54) is 0 Å². The van der Waals surface area contributed by atoms with Crippen LogP contribution in [0.3, 0.4) is 0 Å². The van der Waals surface area contributed by atoms with E-state index >= 15 is 0 Å². The Hall–Kier alpha value is -1.31. The molecule has 0 aliphatic heterocycles. The number of hydrogen-bond acceptors (Lipinski definition) is 5. The van der Waals surface area contributed by atoms with Crippen LogP contribution in [-0.2, 0) is 20.4 Å². The summed E-state index contributed by atoms with van der Waals surface area (Å²) in [6.45, 7) is 1.11. The first kappa shape index (κ1) is 13.8. The Labute approximate surface area is 102 Å². The van der Waals surface area contributed by atoms with E-state index in [9.17, 15) is 8.42 Å². The zero-order chi connectivity index (χ0) is 12.5. The lowest BCUT2D eigenvalue weighted by atomic mass is 10.3. The molecule has 0 aliphatic rings. The topological polar surface area (TPSA) is 73.9 Å². The van der Waals surface area contributed by atoms with E-state index in [1.54, 1.807) is 31.4 Å². The third kappa shape index (κ3) is 6.10. The van der Waals surface area contributed by atoms with Gasteiger partial charge in [0.15, 0.2) is 6.79 Å². The van der Waals surface area contributed by atoms with Crippen molar-refractivity contribution >= 4 is 16.6 Å². The highest BCUT2D eigenvalue weighted by molar-refractivity contribution is 7.73. The van der Waals surface area contributed by atoms with Gasteiger partial charge in [-0.15, -0.1) is 0 Å². The average molecular weight is 261 g/mol. The Bertz CT molecular complexity index is 382. The normalized spacial score (nSPS) is 10.5. The summed E-state index contributed by atoms with van der Waals surface area (Å²) in [5.74, 6) is 0.606. The van der Waals surface area contributed by atoms with E-state index in [0.29, 0.717) is 24.7 Å². The fourth-order valence-electron chi connectivity index (χ4n) is 1.04. The van der Waals surface area contributed by atoms with E-state index in [2.05, 4.69) is 4.72 Å². The summed E-state index contributed by atoms with van der Waals surface area (Å²) < 4.78 is 38.2. The summed E-state index contributed by atoms with van der Waals surface area (Å²) in [6, 6.07) is 6.52. The molecule has 0 fully saturated rings. The molecular formula is C10H15NO5S. The first-order valence-electron chi connectivity index (χ1n) is 4.93. The lowest BCUT2D eigenvalue weighted by Gasteiger charge is -2.07. The van der Waals surface area contributed by atoms with Crippen molar-refractivity contribution < 1.29 is 22.6 Å². The largest absolute Gasteiger partial charge is 0.468 e. The molecule has 0 spiro atoms. The van der Waals surface area contributed by atoms with Crippen molar-refractivity contribution in [2.45, 2.75) is 0 Å². The quantitative estimate of drug-likeness (QED) is 0.408. The number of benzene rings is 1. The first-order chi connectivity index (χ1) is 8.22. The number of nitrogens with one attached hydrogen (secondary N) is 1. The van der Waals surface area contributed by atoms with Crippen molar-refractivity contribution in [3.63, 3.8) is 0 Å². The molecule has 1 rings (SSSR count). The highest BCUT2D eigenvalue weighted by Gasteiger charge is 1.95. The molecule has 1 aromatic carbocycles. The van der Waals surface area contributed by atoms with Crippen LogP contribution < -0.4 is 9.46 Å². The van der Waals surface area contributed by atoms with Crippen LogP contribution in [0, 0.1) is 0 Å². The molecule has 0 atom stereocenters. The van der Waals surface area contributed by atoms with Gasteiger partial charge < -0.3 is 14.2 Å². The van der Waals surface area contributed by atoms with E-state index in [4.69, 9.17) is 14.2 Å². The minimum Gasteiger partial charge on any atom is -0.468 e. The molecule has 0 bridgehead atoms. The monoisotopic (exact) mass is 261 g/mol. The molecule has 0 saturated carbocycles. The molecule has 0 aromatic heterocycles. The summed E-state index contributed by atoms with van der Waals surface area (Å²) in [5.41, 5.74) is 0.494. The smallest absolute Gasteiger partial charge is 0.222 e. The van der Waals surface area contributed by atoms with Crippen molar-refractivity contribution in [3.8, 4) is 5.75 Å². The van der Waals surface area contributed by atoms with Crippen LogP contribution in [0.15, 0.2) is 24.3 Å². The molecule has 7 heteroatoms. The maximum absolute atomic E-state index is 10.4. The fourth-order valence-corrected chi connectivity index (χ4v) is 1.40. The van der Waals surface area contributed by atoms with Gasteiger partial charge in [0.2, 0.25) is 10.9 Å². The lowest BCUT2D eigenvalue weighted by molar-refractivity contribution is -0.00846. The van der Waals surface area contributed by atoms with Gasteiger partial charge in [-0.25, -0.2) is 8.42 Å². The molecule has 0 radical (unpaired) electrons. The van der Waals surface area contributed by atoms with Gasteiger partial charge in [0.25, 0.3) is 0 Å². The number of anilines is 1. The number of thiol groups is 1. The van der Waals surface area contributed by atoms with Crippen LogP contribution in [0.5, 0.6) is 5.75 Å². The Morgan fingerprint density at radius 1 is 1.18 bits per heavy atom. The fraction of sp³-hybridized carbons (Fsp3) is 0.400. The van der Waals surface area contributed by atoms with Crippen molar-refractivity contribution in [3.05, 3.63) is 24.3 Å². The molecule has 17 heavy (non-hydrogen) atoms. The Morgan fingerprint density at radius 2 is 1.88 bits per heavy atom. The Kier molecular flexibility index (Phi) is 6.38. The number of ether oxygens (including phenoxy) is 3. The standard InChI is InChI=1S/C10H15NO5S/c1-14-6-7-15-8-16-10-4-2-9(3-5-10)11-17(12)13/h2-5,17H,6-8H2,1H3,(H,11,12,13). The molecular weight excluding hydrogens is 246 g/mol. The number of hydrogen-bond donors (Lipinski definition) is 2. The van der Waals surface area contributed by atoms with Crippen LogP contribution in [0.4, 0.5) is 5.69 Å². The molecule has 0 amide bonds.